The molecule has 0 radical (unpaired) electrons. The van der Waals surface area contributed by atoms with Crippen molar-refractivity contribution in [3.63, 3.8) is 0 Å². The molecule has 35 heavy (non-hydrogen) atoms. The molecule has 3 aromatic heterocycles. The maximum Gasteiger partial charge on any atom is 0.265 e. The van der Waals surface area contributed by atoms with Gasteiger partial charge in [0.25, 0.3) is 12.3 Å². The second kappa shape index (κ2) is 9.84. The van der Waals surface area contributed by atoms with Crippen LogP contribution in [0.3, 0.4) is 0 Å². The number of hydrogen-bond donors (Lipinski definition) is 1. The minimum Gasteiger partial charge on any atom is -0.349 e. The zero-order valence-corrected chi connectivity index (χ0v) is 19.2. The number of halogens is 2. The Labute approximate surface area is 202 Å². The van der Waals surface area contributed by atoms with Gasteiger partial charge >= 0.3 is 0 Å². The van der Waals surface area contributed by atoms with Crippen molar-refractivity contribution in [1.29, 1.82) is 0 Å². The van der Waals surface area contributed by atoms with Crippen LogP contribution in [0.4, 0.5) is 8.78 Å². The average Bonchev–Trinajstić information content (AvgIpc) is 2.89. The van der Waals surface area contributed by atoms with E-state index in [1.54, 1.807) is 12.4 Å². The fraction of sp³-hybridized carbons (Fsp3) is 0.259. The lowest BCUT2D eigenvalue weighted by Crippen LogP contribution is -2.45. The van der Waals surface area contributed by atoms with Crippen molar-refractivity contribution in [2.24, 2.45) is 0 Å². The highest BCUT2D eigenvalue weighted by Crippen LogP contribution is 2.31. The Hall–Kier alpha value is -3.78. The maximum absolute atomic E-state index is 13.1. The Bertz CT molecular complexity index is 1350. The predicted octanol–water partition coefficient (Wildman–Crippen LogP) is 5.19. The van der Waals surface area contributed by atoms with Crippen molar-refractivity contribution >= 4 is 16.7 Å². The number of hydrogen-bond acceptors (Lipinski definition) is 5. The number of pyridine rings is 3. The smallest absolute Gasteiger partial charge is 0.265 e. The van der Waals surface area contributed by atoms with Crippen LogP contribution < -0.4 is 5.32 Å². The van der Waals surface area contributed by atoms with E-state index >= 15 is 0 Å². The molecule has 4 aromatic rings. The number of aromatic nitrogens is 3. The van der Waals surface area contributed by atoms with Gasteiger partial charge in [-0.05, 0) is 55.6 Å². The minimum absolute atomic E-state index is 0.0367. The third-order valence-electron chi connectivity index (χ3n) is 6.51. The van der Waals surface area contributed by atoms with Crippen LogP contribution in [0.1, 0.15) is 46.9 Å². The van der Waals surface area contributed by atoms with Gasteiger partial charge < -0.3 is 5.32 Å². The molecule has 0 saturated carbocycles. The Balaban J connectivity index is 1.39. The third-order valence-corrected chi connectivity index (χ3v) is 6.51. The number of alkyl halides is 2. The summed E-state index contributed by atoms with van der Waals surface area (Å²) in [6.45, 7) is 0.831. The topological polar surface area (TPSA) is 71.0 Å². The van der Waals surface area contributed by atoms with E-state index in [2.05, 4.69) is 32.2 Å². The summed E-state index contributed by atoms with van der Waals surface area (Å²) in [5.41, 5.74) is 2.54. The zero-order valence-electron chi connectivity index (χ0n) is 19.2. The molecule has 1 fully saturated rings. The van der Waals surface area contributed by atoms with Crippen LogP contribution >= 0.6 is 0 Å². The predicted molar refractivity (Wildman–Crippen MR) is 130 cm³/mol. The van der Waals surface area contributed by atoms with E-state index in [0.29, 0.717) is 16.8 Å². The molecule has 0 bridgehead atoms. The van der Waals surface area contributed by atoms with E-state index < -0.39 is 6.43 Å². The van der Waals surface area contributed by atoms with Crippen LogP contribution in [-0.4, -0.2) is 45.4 Å². The number of rotatable bonds is 5. The van der Waals surface area contributed by atoms with Crippen molar-refractivity contribution in [2.45, 2.75) is 31.4 Å². The van der Waals surface area contributed by atoms with Gasteiger partial charge in [-0.1, -0.05) is 18.2 Å². The first-order chi connectivity index (χ1) is 17.0. The summed E-state index contributed by atoms with van der Waals surface area (Å²) < 4.78 is 26.2. The number of nitrogens with one attached hydrogen (secondary N) is 1. The van der Waals surface area contributed by atoms with E-state index in [0.717, 1.165) is 35.9 Å². The molecule has 178 valence electrons. The lowest BCUT2D eigenvalue weighted by molar-refractivity contribution is 0.0886. The van der Waals surface area contributed by atoms with Crippen LogP contribution in [0.5, 0.6) is 0 Å². The first-order valence-corrected chi connectivity index (χ1v) is 11.5. The van der Waals surface area contributed by atoms with Crippen LogP contribution in [0.25, 0.3) is 22.0 Å². The first-order valence-electron chi connectivity index (χ1n) is 11.5. The number of piperidine rings is 1. The molecule has 1 saturated heterocycles. The summed E-state index contributed by atoms with van der Waals surface area (Å²) in [4.78, 5) is 28.0. The molecular weight excluding hydrogens is 448 g/mol. The highest BCUT2D eigenvalue weighted by Gasteiger charge is 2.29. The first kappa shape index (κ1) is 23.0. The number of likely N-dealkylation sites (tertiary alicyclic amines) is 1. The molecule has 6 nitrogen and oxygen atoms in total. The standard InChI is InChI=1S/C27H25F2N5O/c1-34-8-7-22(33-27(35)17-5-3-2-4-6-17)12-25(34)24-11-18-10-23(31-15-21(18)16-32-24)19-9-20(26(28)29)14-30-13-19/h2-6,9-11,13-16,22,25-26H,7-8,12H2,1H3,(H,33,35). The summed E-state index contributed by atoms with van der Waals surface area (Å²) >= 11 is 0. The quantitative estimate of drug-likeness (QED) is 0.432. The van der Waals surface area contributed by atoms with Gasteiger partial charge in [0.15, 0.2) is 0 Å². The summed E-state index contributed by atoms with van der Waals surface area (Å²) in [5, 5.41) is 4.95. The molecule has 5 rings (SSSR count). The summed E-state index contributed by atoms with van der Waals surface area (Å²) in [6.07, 6.45) is 5.21. The Morgan fingerprint density at radius 3 is 2.63 bits per heavy atom. The summed E-state index contributed by atoms with van der Waals surface area (Å²) in [7, 11) is 2.06. The molecular formula is C27H25F2N5O. The fourth-order valence-corrected chi connectivity index (χ4v) is 4.53. The maximum atomic E-state index is 13.1. The lowest BCUT2D eigenvalue weighted by Gasteiger charge is -2.37. The van der Waals surface area contributed by atoms with Crippen LogP contribution in [0.2, 0.25) is 0 Å². The Morgan fingerprint density at radius 2 is 1.83 bits per heavy atom. The number of fused-ring (bicyclic) bond motifs is 1. The van der Waals surface area contributed by atoms with Gasteiger partial charge in [0.1, 0.15) is 0 Å². The lowest BCUT2D eigenvalue weighted by atomic mass is 9.94. The number of nitrogens with zero attached hydrogens (tertiary/aromatic N) is 4. The molecule has 2 atom stereocenters. The SMILES string of the molecule is CN1CCC(NC(=O)c2ccccc2)CC1c1cc2cc(-c3cncc(C(F)F)c3)ncc2cn1. The number of amides is 1. The van der Waals surface area contributed by atoms with Gasteiger partial charge in [0.05, 0.1) is 17.4 Å². The molecule has 8 heteroatoms. The van der Waals surface area contributed by atoms with Crippen molar-refractivity contribution in [2.75, 3.05) is 13.6 Å². The second-order valence-electron chi connectivity index (χ2n) is 8.89. The van der Waals surface area contributed by atoms with Gasteiger partial charge in [0.2, 0.25) is 0 Å². The summed E-state index contributed by atoms with van der Waals surface area (Å²) in [6, 6.07) is 14.6. The van der Waals surface area contributed by atoms with E-state index in [9.17, 15) is 13.6 Å². The van der Waals surface area contributed by atoms with Crippen LogP contribution in [0.15, 0.2) is 73.3 Å². The highest BCUT2D eigenvalue weighted by molar-refractivity contribution is 5.94. The van der Waals surface area contributed by atoms with Crippen molar-refractivity contribution < 1.29 is 13.6 Å². The molecule has 4 heterocycles. The molecule has 0 aliphatic carbocycles. The van der Waals surface area contributed by atoms with Gasteiger partial charge in [0, 0.05) is 59.5 Å². The second-order valence-corrected chi connectivity index (χ2v) is 8.89. The Morgan fingerprint density at radius 1 is 1.03 bits per heavy atom. The van der Waals surface area contributed by atoms with E-state index in [4.69, 9.17) is 0 Å². The summed E-state index contributed by atoms with van der Waals surface area (Å²) in [5.74, 6) is -0.0688. The highest BCUT2D eigenvalue weighted by atomic mass is 19.3. The van der Waals surface area contributed by atoms with Gasteiger partial charge in [-0.25, -0.2) is 8.78 Å². The van der Waals surface area contributed by atoms with Crippen LogP contribution in [0, 0.1) is 0 Å². The molecule has 1 amide bonds. The molecule has 1 aliphatic heterocycles. The third kappa shape index (κ3) is 5.02. The van der Waals surface area contributed by atoms with E-state index in [-0.39, 0.29) is 23.6 Å². The van der Waals surface area contributed by atoms with Crippen LogP contribution in [-0.2, 0) is 0 Å². The number of carbonyl (C=O) groups excluding carboxylic acids is 1. The molecule has 1 aliphatic rings. The van der Waals surface area contributed by atoms with Crippen molar-refractivity contribution in [3.05, 3.63) is 90.1 Å². The van der Waals surface area contributed by atoms with E-state index in [1.807, 2.05) is 42.5 Å². The van der Waals surface area contributed by atoms with Gasteiger partial charge in [-0.2, -0.15) is 0 Å². The number of benzene rings is 1. The van der Waals surface area contributed by atoms with Crippen molar-refractivity contribution in [1.82, 2.24) is 25.2 Å². The van der Waals surface area contributed by atoms with Gasteiger partial charge in [-0.15, -0.1) is 0 Å². The molecule has 1 aromatic carbocycles. The van der Waals surface area contributed by atoms with E-state index in [1.165, 1.54) is 18.5 Å². The minimum atomic E-state index is -2.59. The average molecular weight is 474 g/mol. The fourth-order valence-electron chi connectivity index (χ4n) is 4.53. The van der Waals surface area contributed by atoms with Gasteiger partial charge in [-0.3, -0.25) is 24.6 Å². The monoisotopic (exact) mass is 473 g/mol. The van der Waals surface area contributed by atoms with Crippen molar-refractivity contribution in [3.8, 4) is 11.3 Å². The normalized spacial score (nSPS) is 18.6. The number of carbonyl (C=O) groups is 1. The molecule has 1 N–H and O–H groups in total. The zero-order chi connectivity index (χ0) is 24.4. The molecule has 2 unspecified atom stereocenters. The Kier molecular flexibility index (Phi) is 6.46. The molecule has 0 spiro atoms. The largest absolute Gasteiger partial charge is 0.349 e.